The van der Waals surface area contributed by atoms with Gasteiger partial charge in [0.2, 0.25) is 0 Å². The summed E-state index contributed by atoms with van der Waals surface area (Å²) in [4.78, 5) is 2.49. The predicted molar refractivity (Wildman–Crippen MR) is 289 cm³/mol. The summed E-state index contributed by atoms with van der Waals surface area (Å²) in [5, 5.41) is 4.26. The molecule has 0 atom stereocenters. The fourth-order valence-electron chi connectivity index (χ4n) is 11.6. The zero-order valence-electron chi connectivity index (χ0n) is 38.1. The van der Waals surface area contributed by atoms with Crippen molar-refractivity contribution < 1.29 is 8.83 Å². The fourth-order valence-corrected chi connectivity index (χ4v) is 11.6. The van der Waals surface area contributed by atoms with Crippen LogP contribution in [0.2, 0.25) is 0 Å². The SMILES string of the molecule is c1ccc(-c2ccc(N(c3ccc4c(c3)C(c3ccccc3)(c3ccccc3)c3ccccc3-4)c3c(-c4ccc5oc6ccccc6c5c4-c4ccccc4)ccc4oc5ccccc5c34)cc2)cc1. The Kier molecular flexibility index (Phi) is 9.11. The van der Waals surface area contributed by atoms with Crippen LogP contribution < -0.4 is 4.90 Å². The third-order valence-electron chi connectivity index (χ3n) is 14.6. The van der Waals surface area contributed by atoms with Gasteiger partial charge >= 0.3 is 0 Å². The molecule has 0 amide bonds. The number of hydrogen-bond acceptors (Lipinski definition) is 3. The predicted octanol–water partition coefficient (Wildman–Crippen LogP) is 18.3. The van der Waals surface area contributed by atoms with Gasteiger partial charge in [-0.25, -0.2) is 0 Å². The van der Waals surface area contributed by atoms with E-state index in [-0.39, 0.29) is 0 Å². The van der Waals surface area contributed by atoms with E-state index in [1.807, 2.05) is 6.07 Å². The second-order valence-electron chi connectivity index (χ2n) is 18.3. The maximum absolute atomic E-state index is 6.84. The highest BCUT2D eigenvalue weighted by atomic mass is 16.3. The standard InChI is InChI=1S/C67H43NO2/c1-5-19-44(20-6-1)45-33-35-49(36-34-45)68(50-37-38-52-51-27-13-16-30-57(51)67(58(52)43-50,47-23-9-3-10-24-47)48-25-11-4-12-26-48)66-54(40-42-62-65(66)56-29-15-18-32-60(56)70-62)53-39-41-61-64(55-28-14-17-31-59(55)69-61)63(53)46-21-7-2-8-22-46/h1-43H. The van der Waals surface area contributed by atoms with Crippen molar-refractivity contribution in [1.29, 1.82) is 0 Å². The van der Waals surface area contributed by atoms with Gasteiger partial charge in [0.1, 0.15) is 22.3 Å². The number of anilines is 3. The Labute approximate surface area is 405 Å². The van der Waals surface area contributed by atoms with Crippen LogP contribution >= 0.6 is 0 Å². The average Bonchev–Trinajstić information content (AvgIpc) is 4.11. The van der Waals surface area contributed by atoms with Crippen molar-refractivity contribution >= 4 is 60.9 Å². The van der Waals surface area contributed by atoms with Crippen molar-refractivity contribution in [1.82, 2.24) is 0 Å². The first-order valence-corrected chi connectivity index (χ1v) is 24.0. The molecule has 0 unspecified atom stereocenters. The molecule has 0 spiro atoms. The quantitative estimate of drug-likeness (QED) is 0.152. The van der Waals surface area contributed by atoms with Crippen molar-refractivity contribution in [2.75, 3.05) is 4.90 Å². The lowest BCUT2D eigenvalue weighted by atomic mass is 9.67. The Bertz CT molecular complexity index is 4060. The molecule has 70 heavy (non-hydrogen) atoms. The lowest BCUT2D eigenvalue weighted by Crippen LogP contribution is -2.28. The molecule has 0 aliphatic heterocycles. The zero-order valence-corrected chi connectivity index (χ0v) is 38.1. The Hall–Kier alpha value is -9.18. The molecule has 14 rings (SSSR count). The van der Waals surface area contributed by atoms with Crippen LogP contribution in [0.1, 0.15) is 22.3 Å². The highest BCUT2D eigenvalue weighted by Crippen LogP contribution is 2.58. The van der Waals surface area contributed by atoms with Crippen LogP contribution in [0.3, 0.4) is 0 Å². The van der Waals surface area contributed by atoms with E-state index in [0.29, 0.717) is 0 Å². The van der Waals surface area contributed by atoms with E-state index < -0.39 is 5.41 Å². The molecule has 3 nitrogen and oxygen atoms in total. The lowest BCUT2D eigenvalue weighted by molar-refractivity contribution is 0.668. The molecule has 0 saturated heterocycles. The molecule has 328 valence electrons. The molecule has 2 heterocycles. The van der Waals surface area contributed by atoms with E-state index in [0.717, 1.165) is 88.8 Å². The summed E-state index contributed by atoms with van der Waals surface area (Å²) in [5.74, 6) is 0. The van der Waals surface area contributed by atoms with Crippen LogP contribution in [0.25, 0.3) is 88.4 Å². The summed E-state index contributed by atoms with van der Waals surface area (Å²) in [5.41, 5.74) is 20.0. The minimum Gasteiger partial charge on any atom is -0.456 e. The molecule has 13 aromatic rings. The molecule has 0 saturated carbocycles. The van der Waals surface area contributed by atoms with Crippen LogP contribution in [0.15, 0.2) is 270 Å². The van der Waals surface area contributed by atoms with Crippen LogP contribution in [0.4, 0.5) is 17.1 Å². The number of benzene rings is 11. The number of rotatable bonds is 8. The molecule has 3 heteroatoms. The third kappa shape index (κ3) is 6.01. The Morgan fingerprint density at radius 3 is 1.43 bits per heavy atom. The highest BCUT2D eigenvalue weighted by Gasteiger charge is 2.46. The number of para-hydroxylation sites is 2. The molecule has 0 bridgehead atoms. The van der Waals surface area contributed by atoms with Gasteiger partial charge in [-0.1, -0.05) is 200 Å². The monoisotopic (exact) mass is 893 g/mol. The van der Waals surface area contributed by atoms with E-state index in [4.69, 9.17) is 8.83 Å². The van der Waals surface area contributed by atoms with Gasteiger partial charge < -0.3 is 13.7 Å². The van der Waals surface area contributed by atoms with Crippen molar-refractivity contribution in [2.24, 2.45) is 0 Å². The van der Waals surface area contributed by atoms with Crippen LogP contribution in [-0.4, -0.2) is 0 Å². The Balaban J connectivity index is 1.12. The smallest absolute Gasteiger partial charge is 0.137 e. The molecule has 11 aromatic carbocycles. The number of furan rings is 2. The molecule has 0 radical (unpaired) electrons. The van der Waals surface area contributed by atoms with E-state index in [1.165, 1.54) is 38.9 Å². The summed E-state index contributed by atoms with van der Waals surface area (Å²) < 4.78 is 13.5. The van der Waals surface area contributed by atoms with Crippen LogP contribution in [0, 0.1) is 0 Å². The van der Waals surface area contributed by atoms with E-state index in [2.05, 4.69) is 260 Å². The van der Waals surface area contributed by atoms with Gasteiger partial charge in [0.15, 0.2) is 0 Å². The van der Waals surface area contributed by atoms with Gasteiger partial charge in [-0.05, 0) is 116 Å². The Morgan fingerprint density at radius 2 is 0.771 bits per heavy atom. The first-order chi connectivity index (χ1) is 34.7. The maximum Gasteiger partial charge on any atom is 0.137 e. The largest absolute Gasteiger partial charge is 0.456 e. The summed E-state index contributed by atoms with van der Waals surface area (Å²) in [6.07, 6.45) is 0. The molecular weight excluding hydrogens is 851 g/mol. The van der Waals surface area contributed by atoms with Crippen molar-refractivity contribution in [3.05, 3.63) is 283 Å². The number of hydrogen-bond donors (Lipinski definition) is 0. The first-order valence-electron chi connectivity index (χ1n) is 24.0. The van der Waals surface area contributed by atoms with Crippen LogP contribution in [0.5, 0.6) is 0 Å². The summed E-state index contributed by atoms with van der Waals surface area (Å²) in [6.45, 7) is 0. The summed E-state index contributed by atoms with van der Waals surface area (Å²) >= 11 is 0. The third-order valence-corrected chi connectivity index (χ3v) is 14.6. The lowest BCUT2D eigenvalue weighted by Gasteiger charge is -2.35. The van der Waals surface area contributed by atoms with Gasteiger partial charge in [0.25, 0.3) is 0 Å². The topological polar surface area (TPSA) is 29.5 Å². The molecule has 0 fully saturated rings. The van der Waals surface area contributed by atoms with Crippen molar-refractivity contribution in [2.45, 2.75) is 5.41 Å². The molecule has 2 aromatic heterocycles. The van der Waals surface area contributed by atoms with E-state index >= 15 is 0 Å². The first kappa shape index (κ1) is 39.9. The van der Waals surface area contributed by atoms with Gasteiger partial charge in [-0.3, -0.25) is 0 Å². The second-order valence-corrected chi connectivity index (χ2v) is 18.3. The molecule has 0 N–H and O–H groups in total. The molecular formula is C67H43NO2. The van der Waals surface area contributed by atoms with Gasteiger partial charge in [-0.15, -0.1) is 0 Å². The van der Waals surface area contributed by atoms with Crippen molar-refractivity contribution in [3.8, 4) is 44.5 Å². The van der Waals surface area contributed by atoms with Gasteiger partial charge in [0, 0.05) is 38.7 Å². The zero-order chi connectivity index (χ0) is 46.2. The van der Waals surface area contributed by atoms with Crippen molar-refractivity contribution in [3.63, 3.8) is 0 Å². The number of fused-ring (bicyclic) bond motifs is 9. The summed E-state index contributed by atoms with van der Waals surface area (Å²) in [6, 6.07) is 94.4. The van der Waals surface area contributed by atoms with E-state index in [9.17, 15) is 0 Å². The molecule has 1 aliphatic carbocycles. The maximum atomic E-state index is 6.84. The number of nitrogens with zero attached hydrogens (tertiary/aromatic N) is 1. The second kappa shape index (κ2) is 16.0. The highest BCUT2D eigenvalue weighted by molar-refractivity contribution is 6.21. The summed E-state index contributed by atoms with van der Waals surface area (Å²) in [7, 11) is 0. The molecule has 1 aliphatic rings. The normalized spacial score (nSPS) is 12.7. The fraction of sp³-hybridized carbons (Fsp3) is 0.0149. The van der Waals surface area contributed by atoms with Gasteiger partial charge in [0.05, 0.1) is 16.5 Å². The van der Waals surface area contributed by atoms with E-state index in [1.54, 1.807) is 0 Å². The van der Waals surface area contributed by atoms with Gasteiger partial charge in [-0.2, -0.15) is 0 Å². The minimum absolute atomic E-state index is 0.599. The Morgan fingerprint density at radius 1 is 0.300 bits per heavy atom. The van der Waals surface area contributed by atoms with Crippen LogP contribution in [-0.2, 0) is 5.41 Å². The minimum atomic E-state index is -0.599. The average molecular weight is 894 g/mol.